The van der Waals surface area contributed by atoms with Gasteiger partial charge in [0.2, 0.25) is 5.91 Å². The molecule has 0 heterocycles. The molecule has 25 heavy (non-hydrogen) atoms. The summed E-state index contributed by atoms with van der Waals surface area (Å²) in [7, 11) is 0. The molecule has 1 fully saturated rings. The van der Waals surface area contributed by atoms with Crippen LogP contribution in [0.2, 0.25) is 0 Å². The molecule has 2 atom stereocenters. The number of halogens is 1. The maximum Gasteiger partial charge on any atom is 0.223 e. The molecule has 1 amide bonds. The van der Waals surface area contributed by atoms with Crippen molar-refractivity contribution >= 4 is 47.6 Å². The van der Waals surface area contributed by atoms with Crippen molar-refractivity contribution in [1.29, 1.82) is 0 Å². The second-order valence-corrected chi connectivity index (χ2v) is 9.04. The smallest absolute Gasteiger partial charge is 0.223 e. The molecule has 1 aliphatic rings. The molecule has 0 aromatic heterocycles. The zero-order chi connectivity index (χ0) is 18.2. The fourth-order valence-corrected chi connectivity index (χ4v) is 3.00. The molecular formula is C18H37IN4OS. The molecule has 1 aliphatic carbocycles. The minimum absolute atomic E-state index is 0. The minimum Gasteiger partial charge on any atom is -0.357 e. The lowest BCUT2D eigenvalue weighted by Gasteiger charge is -2.31. The van der Waals surface area contributed by atoms with E-state index in [0.717, 1.165) is 44.7 Å². The highest BCUT2D eigenvalue weighted by Gasteiger charge is 2.28. The van der Waals surface area contributed by atoms with E-state index in [4.69, 9.17) is 4.99 Å². The fraction of sp³-hybridized carbons (Fsp3) is 0.889. The standard InChI is InChI=1S/C18H36N4OS.HI/c1-7-19-17(20-12-18(4,5)24-6)22-15-10-8-9-14(11-15)16(23)21-13(2)3;/h13-15H,7-12H2,1-6H3,(H,21,23)(H2,19,20,22);1H. The first-order valence-corrected chi connectivity index (χ1v) is 10.4. The Morgan fingerprint density at radius 1 is 1.32 bits per heavy atom. The summed E-state index contributed by atoms with van der Waals surface area (Å²) in [5, 5.41) is 9.92. The highest BCUT2D eigenvalue weighted by Crippen LogP contribution is 2.25. The number of guanidine groups is 1. The second kappa shape index (κ2) is 12.3. The van der Waals surface area contributed by atoms with Crippen LogP contribution in [0.1, 0.15) is 60.3 Å². The highest BCUT2D eigenvalue weighted by atomic mass is 127. The first-order chi connectivity index (χ1) is 11.3. The van der Waals surface area contributed by atoms with Gasteiger partial charge in [-0.1, -0.05) is 6.42 Å². The molecule has 7 heteroatoms. The number of carbonyl (C=O) groups excluding carboxylic acids is 1. The molecule has 0 aromatic rings. The zero-order valence-corrected chi connectivity index (χ0v) is 19.8. The van der Waals surface area contributed by atoms with E-state index in [1.54, 1.807) is 0 Å². The molecule has 1 saturated carbocycles. The topological polar surface area (TPSA) is 65.5 Å². The van der Waals surface area contributed by atoms with Crippen LogP contribution in [0.4, 0.5) is 0 Å². The molecule has 0 bridgehead atoms. The molecule has 0 aromatic carbocycles. The lowest BCUT2D eigenvalue weighted by Crippen LogP contribution is -2.48. The second-order valence-electron chi connectivity index (χ2n) is 7.53. The Bertz CT molecular complexity index is 429. The van der Waals surface area contributed by atoms with Gasteiger partial charge in [-0.05, 0) is 60.1 Å². The van der Waals surface area contributed by atoms with Crippen LogP contribution in [-0.4, -0.2) is 48.0 Å². The zero-order valence-electron chi connectivity index (χ0n) is 16.6. The number of nitrogens with zero attached hydrogens (tertiary/aromatic N) is 1. The first-order valence-electron chi connectivity index (χ1n) is 9.17. The summed E-state index contributed by atoms with van der Waals surface area (Å²) < 4.78 is 0.134. The van der Waals surface area contributed by atoms with Gasteiger partial charge >= 0.3 is 0 Å². The molecule has 0 aliphatic heterocycles. The molecule has 3 N–H and O–H groups in total. The van der Waals surface area contributed by atoms with Crippen molar-refractivity contribution in [3.63, 3.8) is 0 Å². The summed E-state index contributed by atoms with van der Waals surface area (Å²) in [5.74, 6) is 1.18. The normalized spacial score (nSPS) is 21.5. The number of amides is 1. The van der Waals surface area contributed by atoms with Gasteiger partial charge in [0.25, 0.3) is 0 Å². The number of hydrogen-bond acceptors (Lipinski definition) is 3. The summed E-state index contributed by atoms with van der Waals surface area (Å²) in [6.07, 6.45) is 6.18. The van der Waals surface area contributed by atoms with E-state index in [9.17, 15) is 4.79 Å². The largest absolute Gasteiger partial charge is 0.357 e. The SMILES string of the molecule is CCNC(=NCC(C)(C)SC)NC1CCCC(C(=O)NC(C)C)C1.I. The lowest BCUT2D eigenvalue weighted by atomic mass is 9.85. The average Bonchev–Trinajstić information content (AvgIpc) is 2.52. The third-order valence-electron chi connectivity index (χ3n) is 4.33. The summed E-state index contributed by atoms with van der Waals surface area (Å²) in [5.41, 5.74) is 0. The highest BCUT2D eigenvalue weighted by molar-refractivity contribution is 14.0. The maximum absolute atomic E-state index is 12.3. The molecule has 0 saturated heterocycles. The van der Waals surface area contributed by atoms with Gasteiger partial charge in [0.15, 0.2) is 5.96 Å². The van der Waals surface area contributed by atoms with Crippen LogP contribution in [-0.2, 0) is 4.79 Å². The molecular weight excluding hydrogens is 447 g/mol. The third kappa shape index (κ3) is 9.92. The van der Waals surface area contributed by atoms with E-state index >= 15 is 0 Å². The van der Waals surface area contributed by atoms with Crippen molar-refractivity contribution in [2.45, 2.75) is 77.1 Å². The van der Waals surface area contributed by atoms with Crippen molar-refractivity contribution in [2.75, 3.05) is 19.3 Å². The Labute approximate surface area is 175 Å². The van der Waals surface area contributed by atoms with E-state index in [1.807, 2.05) is 25.6 Å². The predicted molar refractivity (Wildman–Crippen MR) is 121 cm³/mol. The van der Waals surface area contributed by atoms with Crippen LogP contribution in [0.15, 0.2) is 4.99 Å². The molecule has 0 spiro atoms. The van der Waals surface area contributed by atoms with Crippen molar-refractivity contribution in [1.82, 2.24) is 16.0 Å². The van der Waals surface area contributed by atoms with Crippen molar-refractivity contribution < 1.29 is 4.79 Å². The van der Waals surface area contributed by atoms with Gasteiger partial charge in [-0.2, -0.15) is 11.8 Å². The summed E-state index contributed by atoms with van der Waals surface area (Å²) in [4.78, 5) is 17.0. The fourth-order valence-electron chi connectivity index (χ4n) is 2.81. The predicted octanol–water partition coefficient (Wildman–Crippen LogP) is 3.38. The van der Waals surface area contributed by atoms with E-state index in [0.29, 0.717) is 6.04 Å². The van der Waals surface area contributed by atoms with Crippen LogP contribution in [0.25, 0.3) is 0 Å². The molecule has 148 valence electrons. The van der Waals surface area contributed by atoms with Crippen molar-refractivity contribution in [2.24, 2.45) is 10.9 Å². The van der Waals surface area contributed by atoms with Crippen LogP contribution in [0.3, 0.4) is 0 Å². The third-order valence-corrected chi connectivity index (χ3v) is 5.57. The van der Waals surface area contributed by atoms with Gasteiger partial charge in [-0.15, -0.1) is 24.0 Å². The van der Waals surface area contributed by atoms with Gasteiger partial charge in [0.1, 0.15) is 0 Å². The minimum atomic E-state index is 0. The van der Waals surface area contributed by atoms with E-state index in [2.05, 4.69) is 43.0 Å². The summed E-state index contributed by atoms with van der Waals surface area (Å²) >= 11 is 1.83. The molecule has 1 rings (SSSR count). The van der Waals surface area contributed by atoms with Crippen LogP contribution in [0.5, 0.6) is 0 Å². The Morgan fingerprint density at radius 2 is 2.00 bits per heavy atom. The molecule has 5 nitrogen and oxygen atoms in total. The van der Waals surface area contributed by atoms with Gasteiger partial charge < -0.3 is 16.0 Å². The van der Waals surface area contributed by atoms with Gasteiger partial charge in [0, 0.05) is 29.3 Å². The van der Waals surface area contributed by atoms with Crippen LogP contribution < -0.4 is 16.0 Å². The van der Waals surface area contributed by atoms with Gasteiger partial charge in [-0.3, -0.25) is 9.79 Å². The molecule has 0 radical (unpaired) electrons. The first kappa shape index (κ1) is 24.8. The van der Waals surface area contributed by atoms with E-state index in [-0.39, 0.29) is 46.6 Å². The molecule has 2 unspecified atom stereocenters. The van der Waals surface area contributed by atoms with Gasteiger partial charge in [-0.25, -0.2) is 0 Å². The maximum atomic E-state index is 12.3. The van der Waals surface area contributed by atoms with E-state index in [1.165, 1.54) is 0 Å². The Morgan fingerprint density at radius 3 is 2.56 bits per heavy atom. The van der Waals surface area contributed by atoms with Crippen molar-refractivity contribution in [3.05, 3.63) is 0 Å². The number of nitrogens with one attached hydrogen (secondary N) is 3. The average molecular weight is 484 g/mol. The van der Waals surface area contributed by atoms with Crippen LogP contribution in [0, 0.1) is 5.92 Å². The Balaban J connectivity index is 0.00000576. The summed E-state index contributed by atoms with van der Waals surface area (Å²) in [6, 6.07) is 0.523. The Hall–Kier alpha value is -0.180. The number of carbonyl (C=O) groups is 1. The lowest BCUT2D eigenvalue weighted by molar-refractivity contribution is -0.126. The number of rotatable bonds is 7. The monoisotopic (exact) mass is 484 g/mol. The number of thioether (sulfide) groups is 1. The Kier molecular flexibility index (Phi) is 12.2. The number of aliphatic imine (C=N–C) groups is 1. The van der Waals surface area contributed by atoms with E-state index < -0.39 is 0 Å². The summed E-state index contributed by atoms with van der Waals surface area (Å²) in [6.45, 7) is 12.1. The number of hydrogen-bond donors (Lipinski definition) is 3. The van der Waals surface area contributed by atoms with Crippen LogP contribution >= 0.6 is 35.7 Å². The van der Waals surface area contributed by atoms with Crippen molar-refractivity contribution in [3.8, 4) is 0 Å². The van der Waals surface area contributed by atoms with Gasteiger partial charge in [0.05, 0.1) is 6.54 Å². The quantitative estimate of drug-likeness (QED) is 0.295.